The van der Waals surface area contributed by atoms with Crippen molar-refractivity contribution in [2.24, 2.45) is 5.92 Å². The SMILES string of the molecule is CC1CC[NH+](CCCCOc2ccccc2-c2ccccc2)CC1. The molecule has 0 aromatic heterocycles. The summed E-state index contributed by atoms with van der Waals surface area (Å²) in [6, 6.07) is 18.9. The molecule has 1 N–H and O–H groups in total. The van der Waals surface area contributed by atoms with Gasteiger partial charge in [-0.05, 0) is 43.2 Å². The summed E-state index contributed by atoms with van der Waals surface area (Å²) in [6.07, 6.45) is 5.20. The predicted molar refractivity (Wildman–Crippen MR) is 101 cm³/mol. The van der Waals surface area contributed by atoms with Crippen LogP contribution in [0.3, 0.4) is 0 Å². The fourth-order valence-corrected chi connectivity index (χ4v) is 3.53. The zero-order valence-corrected chi connectivity index (χ0v) is 14.8. The van der Waals surface area contributed by atoms with Crippen molar-refractivity contribution in [2.45, 2.75) is 32.6 Å². The van der Waals surface area contributed by atoms with Gasteiger partial charge in [0.1, 0.15) is 5.75 Å². The molecule has 2 aromatic carbocycles. The van der Waals surface area contributed by atoms with Crippen molar-refractivity contribution in [1.29, 1.82) is 0 Å². The predicted octanol–water partition coefficient (Wildman–Crippen LogP) is 3.83. The van der Waals surface area contributed by atoms with Crippen LogP contribution in [-0.4, -0.2) is 26.2 Å². The Labute approximate surface area is 146 Å². The molecule has 0 spiro atoms. The second-order valence-corrected chi connectivity index (χ2v) is 7.10. The minimum absolute atomic E-state index is 0.813. The van der Waals surface area contributed by atoms with E-state index < -0.39 is 0 Å². The highest BCUT2D eigenvalue weighted by molar-refractivity contribution is 5.70. The molecule has 0 aliphatic carbocycles. The Kier molecular flexibility index (Phi) is 6.31. The van der Waals surface area contributed by atoms with E-state index >= 15 is 0 Å². The number of hydrogen-bond donors (Lipinski definition) is 1. The zero-order valence-electron chi connectivity index (χ0n) is 14.8. The summed E-state index contributed by atoms with van der Waals surface area (Å²) in [5.74, 6) is 1.94. The maximum atomic E-state index is 6.09. The molecule has 3 rings (SSSR count). The van der Waals surface area contributed by atoms with E-state index in [1.165, 1.54) is 50.0 Å². The first kappa shape index (κ1) is 17.0. The molecule has 1 aliphatic heterocycles. The lowest BCUT2D eigenvalue weighted by Crippen LogP contribution is -3.13. The monoisotopic (exact) mass is 324 g/mol. The van der Waals surface area contributed by atoms with E-state index in [2.05, 4.69) is 61.5 Å². The Bertz CT molecular complexity index is 602. The Balaban J connectivity index is 1.44. The van der Waals surface area contributed by atoms with Crippen LogP contribution in [0, 0.1) is 5.92 Å². The molecule has 0 amide bonds. The Morgan fingerprint density at radius 2 is 1.62 bits per heavy atom. The van der Waals surface area contributed by atoms with Crippen LogP contribution in [0.25, 0.3) is 11.1 Å². The van der Waals surface area contributed by atoms with Gasteiger partial charge in [0.25, 0.3) is 0 Å². The lowest BCUT2D eigenvalue weighted by Gasteiger charge is -2.27. The molecule has 0 atom stereocenters. The van der Waals surface area contributed by atoms with E-state index in [0.717, 1.165) is 24.7 Å². The Hall–Kier alpha value is -1.80. The van der Waals surface area contributed by atoms with Gasteiger partial charge >= 0.3 is 0 Å². The van der Waals surface area contributed by atoms with E-state index in [0.29, 0.717) is 0 Å². The number of nitrogens with one attached hydrogen (secondary N) is 1. The zero-order chi connectivity index (χ0) is 16.6. The van der Waals surface area contributed by atoms with Crippen LogP contribution in [-0.2, 0) is 0 Å². The smallest absolute Gasteiger partial charge is 0.127 e. The number of piperidine rings is 1. The highest BCUT2D eigenvalue weighted by atomic mass is 16.5. The van der Waals surface area contributed by atoms with Gasteiger partial charge in [0.05, 0.1) is 26.2 Å². The van der Waals surface area contributed by atoms with Gasteiger partial charge in [-0.2, -0.15) is 0 Å². The Morgan fingerprint density at radius 3 is 2.42 bits per heavy atom. The van der Waals surface area contributed by atoms with Crippen molar-refractivity contribution in [1.82, 2.24) is 0 Å². The van der Waals surface area contributed by atoms with E-state index in [4.69, 9.17) is 4.74 Å². The molecule has 1 aliphatic rings. The van der Waals surface area contributed by atoms with Crippen LogP contribution in [0.4, 0.5) is 0 Å². The van der Waals surface area contributed by atoms with Gasteiger partial charge in [0, 0.05) is 5.56 Å². The van der Waals surface area contributed by atoms with Gasteiger partial charge in [-0.1, -0.05) is 55.5 Å². The maximum absolute atomic E-state index is 6.09. The van der Waals surface area contributed by atoms with E-state index in [9.17, 15) is 0 Å². The quantitative estimate of drug-likeness (QED) is 0.764. The molecule has 2 nitrogen and oxygen atoms in total. The average Bonchev–Trinajstić information content (AvgIpc) is 2.64. The second-order valence-electron chi connectivity index (χ2n) is 7.10. The molecule has 0 bridgehead atoms. The molecule has 1 saturated heterocycles. The number of hydrogen-bond acceptors (Lipinski definition) is 1. The standard InChI is InChI=1S/C22H29NO/c1-19-13-16-23(17-14-19)15-7-8-18-24-22-12-6-5-11-21(22)20-9-3-2-4-10-20/h2-6,9-12,19H,7-8,13-18H2,1H3/p+1. The van der Waals surface area contributed by atoms with Gasteiger partial charge in [-0.3, -0.25) is 0 Å². The van der Waals surface area contributed by atoms with Crippen LogP contribution < -0.4 is 9.64 Å². The fourth-order valence-electron chi connectivity index (χ4n) is 3.53. The highest BCUT2D eigenvalue weighted by Crippen LogP contribution is 2.29. The third-order valence-electron chi connectivity index (χ3n) is 5.14. The molecule has 2 aromatic rings. The largest absolute Gasteiger partial charge is 0.493 e. The minimum atomic E-state index is 0.813. The summed E-state index contributed by atoms with van der Waals surface area (Å²) >= 11 is 0. The summed E-state index contributed by atoms with van der Waals surface area (Å²) in [7, 11) is 0. The highest BCUT2D eigenvalue weighted by Gasteiger charge is 2.17. The normalized spacial score (nSPS) is 20.7. The molecular formula is C22H30NO+. The van der Waals surface area contributed by atoms with Gasteiger partial charge < -0.3 is 9.64 Å². The first-order valence-electron chi connectivity index (χ1n) is 9.44. The Morgan fingerprint density at radius 1 is 0.917 bits per heavy atom. The van der Waals surface area contributed by atoms with Gasteiger partial charge in [0.15, 0.2) is 0 Å². The summed E-state index contributed by atoms with van der Waals surface area (Å²) < 4.78 is 6.09. The van der Waals surface area contributed by atoms with Crippen molar-refractivity contribution in [2.75, 3.05) is 26.2 Å². The first-order valence-corrected chi connectivity index (χ1v) is 9.44. The molecule has 1 fully saturated rings. The van der Waals surface area contributed by atoms with Crippen LogP contribution in [0.2, 0.25) is 0 Å². The van der Waals surface area contributed by atoms with Crippen LogP contribution in [0.15, 0.2) is 54.6 Å². The molecule has 0 radical (unpaired) electrons. The molecule has 1 heterocycles. The number of rotatable bonds is 7. The molecule has 128 valence electrons. The summed E-state index contributed by atoms with van der Waals surface area (Å²) in [6.45, 7) is 7.22. The maximum Gasteiger partial charge on any atom is 0.127 e. The van der Waals surface area contributed by atoms with E-state index in [-0.39, 0.29) is 0 Å². The third-order valence-corrected chi connectivity index (χ3v) is 5.14. The van der Waals surface area contributed by atoms with Crippen molar-refractivity contribution in [3.63, 3.8) is 0 Å². The van der Waals surface area contributed by atoms with Gasteiger partial charge in [-0.25, -0.2) is 0 Å². The van der Waals surface area contributed by atoms with E-state index in [1.54, 1.807) is 4.90 Å². The summed E-state index contributed by atoms with van der Waals surface area (Å²) in [5, 5.41) is 0. The number of ether oxygens (including phenoxy) is 1. The number of unbranched alkanes of at least 4 members (excludes halogenated alkanes) is 1. The lowest BCUT2D eigenvalue weighted by atomic mass is 9.99. The number of quaternary nitrogens is 1. The van der Waals surface area contributed by atoms with Gasteiger partial charge in [0.2, 0.25) is 0 Å². The summed E-state index contributed by atoms with van der Waals surface area (Å²) in [5.41, 5.74) is 2.41. The van der Waals surface area contributed by atoms with Crippen LogP contribution in [0.5, 0.6) is 5.75 Å². The molecule has 0 saturated carbocycles. The molecule has 2 heteroatoms. The first-order chi connectivity index (χ1) is 11.8. The van der Waals surface area contributed by atoms with Crippen molar-refractivity contribution >= 4 is 0 Å². The van der Waals surface area contributed by atoms with Crippen molar-refractivity contribution in [3.8, 4) is 16.9 Å². The topological polar surface area (TPSA) is 13.7 Å². The van der Waals surface area contributed by atoms with Crippen LogP contribution >= 0.6 is 0 Å². The average molecular weight is 324 g/mol. The fraction of sp³-hybridized carbons (Fsp3) is 0.455. The minimum Gasteiger partial charge on any atom is -0.493 e. The molecule has 24 heavy (non-hydrogen) atoms. The summed E-state index contributed by atoms with van der Waals surface area (Å²) in [4.78, 5) is 1.79. The van der Waals surface area contributed by atoms with Crippen molar-refractivity contribution < 1.29 is 9.64 Å². The number of likely N-dealkylation sites (tertiary alicyclic amines) is 1. The van der Waals surface area contributed by atoms with Crippen LogP contribution in [0.1, 0.15) is 32.6 Å². The second kappa shape index (κ2) is 8.89. The molecular weight excluding hydrogens is 294 g/mol. The van der Waals surface area contributed by atoms with Gasteiger partial charge in [-0.15, -0.1) is 0 Å². The molecule has 0 unspecified atom stereocenters. The van der Waals surface area contributed by atoms with E-state index in [1.807, 2.05) is 0 Å². The lowest BCUT2D eigenvalue weighted by molar-refractivity contribution is -0.906. The van der Waals surface area contributed by atoms with Crippen molar-refractivity contribution in [3.05, 3.63) is 54.6 Å². The number of para-hydroxylation sites is 1. The number of benzene rings is 2. The third kappa shape index (κ3) is 4.85.